The van der Waals surface area contributed by atoms with Crippen LogP contribution in [0.1, 0.15) is 30.4 Å². The molecular formula is C24H30N5O4S+. The summed E-state index contributed by atoms with van der Waals surface area (Å²) in [5.74, 6) is -0.135. The lowest BCUT2D eigenvalue weighted by Gasteiger charge is -2.30. The second kappa shape index (κ2) is 9.81. The van der Waals surface area contributed by atoms with Crippen LogP contribution < -0.4 is 10.2 Å². The molecule has 1 atom stereocenters. The summed E-state index contributed by atoms with van der Waals surface area (Å²) in [5.41, 5.74) is 3.54. The van der Waals surface area contributed by atoms with Crippen molar-refractivity contribution in [2.75, 3.05) is 32.7 Å². The van der Waals surface area contributed by atoms with Gasteiger partial charge in [0.2, 0.25) is 15.9 Å². The summed E-state index contributed by atoms with van der Waals surface area (Å²) in [6.07, 6.45) is 3.06. The number of fused-ring (bicyclic) bond motifs is 2. The fraction of sp³-hybridized carbons (Fsp3) is 0.458. The third-order valence-electron chi connectivity index (χ3n) is 7.00. The number of carbonyl (C=O) groups excluding carboxylic acids is 1. The summed E-state index contributed by atoms with van der Waals surface area (Å²) < 4.78 is 32.4. The summed E-state index contributed by atoms with van der Waals surface area (Å²) in [6.45, 7) is 4.49. The molecule has 1 unspecified atom stereocenters. The van der Waals surface area contributed by atoms with Gasteiger partial charge in [0.25, 0.3) is 0 Å². The molecule has 34 heavy (non-hydrogen) atoms. The molecule has 2 aliphatic rings. The van der Waals surface area contributed by atoms with Gasteiger partial charge < -0.3 is 10.2 Å². The zero-order chi connectivity index (χ0) is 23.5. The van der Waals surface area contributed by atoms with Gasteiger partial charge in [-0.1, -0.05) is 30.3 Å². The lowest BCUT2D eigenvalue weighted by atomic mass is 9.97. The molecule has 3 heterocycles. The largest absolute Gasteiger partial charge is 0.356 e. The second-order valence-electron chi connectivity index (χ2n) is 9.16. The monoisotopic (exact) mass is 484 g/mol. The zero-order valence-corrected chi connectivity index (χ0v) is 19.9. The lowest BCUT2D eigenvalue weighted by molar-refractivity contribution is -0.916. The van der Waals surface area contributed by atoms with Crippen LogP contribution in [0.3, 0.4) is 0 Å². The Morgan fingerprint density at radius 1 is 1.09 bits per heavy atom. The number of nitrogens with one attached hydrogen (secondary N) is 2. The number of hydrogen-bond donors (Lipinski definition) is 2. The molecule has 0 radical (unpaired) electrons. The maximum Gasteiger partial charge on any atom is 0.245 e. The molecule has 1 fully saturated rings. The Morgan fingerprint density at radius 3 is 2.71 bits per heavy atom. The van der Waals surface area contributed by atoms with E-state index >= 15 is 0 Å². The molecule has 2 N–H and O–H groups in total. The first-order valence-electron chi connectivity index (χ1n) is 11.9. The van der Waals surface area contributed by atoms with E-state index in [-0.39, 0.29) is 22.2 Å². The van der Waals surface area contributed by atoms with Crippen molar-refractivity contribution >= 4 is 27.0 Å². The van der Waals surface area contributed by atoms with Crippen LogP contribution in [0.15, 0.2) is 52.0 Å². The highest BCUT2D eigenvalue weighted by Gasteiger charge is 2.33. The van der Waals surface area contributed by atoms with Gasteiger partial charge >= 0.3 is 0 Å². The van der Waals surface area contributed by atoms with Gasteiger partial charge in [-0.05, 0) is 40.9 Å². The van der Waals surface area contributed by atoms with E-state index in [4.69, 9.17) is 4.63 Å². The molecular weight excluding hydrogens is 454 g/mol. The Morgan fingerprint density at radius 2 is 1.88 bits per heavy atom. The number of piperidine rings is 1. The van der Waals surface area contributed by atoms with E-state index in [0.717, 1.165) is 32.5 Å². The highest BCUT2D eigenvalue weighted by molar-refractivity contribution is 7.89. The van der Waals surface area contributed by atoms with Crippen LogP contribution >= 0.6 is 0 Å². The molecule has 0 aliphatic carbocycles. The summed E-state index contributed by atoms with van der Waals surface area (Å²) in [6, 6.07) is 13.4. The number of quaternary nitrogens is 1. The molecule has 5 rings (SSSR count). The highest BCUT2D eigenvalue weighted by Crippen LogP contribution is 2.27. The van der Waals surface area contributed by atoms with Crippen molar-refractivity contribution in [3.8, 4) is 0 Å². The standard InChI is InChI=1S/C24H29N5O4S/c30-24(25-12-4-13-28-14-9-18-5-1-2-6-20(18)17-28)19-10-15-29(16-11-19)34(31,32)22-8-3-7-21-23(22)27-33-26-21/h1-3,5-8,19H,4,9-17H2,(H,25,30)/p+1. The number of carbonyl (C=O) groups is 1. The number of hydrogen-bond acceptors (Lipinski definition) is 6. The van der Waals surface area contributed by atoms with Crippen LogP contribution in [0.25, 0.3) is 11.0 Å². The van der Waals surface area contributed by atoms with E-state index in [2.05, 4.69) is 39.9 Å². The van der Waals surface area contributed by atoms with Crippen molar-refractivity contribution in [2.45, 2.75) is 37.1 Å². The molecule has 0 spiro atoms. The minimum atomic E-state index is -3.73. The molecule has 9 nitrogen and oxygen atoms in total. The van der Waals surface area contributed by atoms with Gasteiger partial charge in [0.05, 0.1) is 13.1 Å². The Hall–Kier alpha value is -2.82. The van der Waals surface area contributed by atoms with Crippen LogP contribution in [0.2, 0.25) is 0 Å². The average molecular weight is 485 g/mol. The fourth-order valence-electron chi connectivity index (χ4n) is 5.04. The van der Waals surface area contributed by atoms with Crippen molar-refractivity contribution in [3.63, 3.8) is 0 Å². The normalized spacial score (nSPS) is 19.7. The smallest absolute Gasteiger partial charge is 0.245 e. The molecule has 3 aromatic rings. The third kappa shape index (κ3) is 4.70. The Kier molecular flexibility index (Phi) is 6.62. The van der Waals surface area contributed by atoms with Crippen molar-refractivity contribution in [2.24, 2.45) is 5.92 Å². The maximum absolute atomic E-state index is 13.1. The van der Waals surface area contributed by atoms with Gasteiger partial charge in [0.1, 0.15) is 17.0 Å². The summed E-state index contributed by atoms with van der Waals surface area (Å²) in [5, 5.41) is 10.5. The number of aromatic nitrogens is 2. The van der Waals surface area contributed by atoms with Gasteiger partial charge in [-0.15, -0.1) is 0 Å². The molecule has 10 heteroatoms. The molecule has 180 valence electrons. The molecule has 2 aliphatic heterocycles. The average Bonchev–Trinajstić information content (AvgIpc) is 3.35. The summed E-state index contributed by atoms with van der Waals surface area (Å²) >= 11 is 0. The van der Waals surface area contributed by atoms with E-state index in [1.54, 1.807) is 17.0 Å². The molecule has 0 bridgehead atoms. The van der Waals surface area contributed by atoms with Crippen LogP contribution in [0.4, 0.5) is 0 Å². The number of benzene rings is 2. The van der Waals surface area contributed by atoms with Crippen LogP contribution in [-0.2, 0) is 27.8 Å². The first-order chi connectivity index (χ1) is 16.5. The van der Waals surface area contributed by atoms with Gasteiger partial charge in [-0.3, -0.25) is 4.79 Å². The van der Waals surface area contributed by atoms with Gasteiger partial charge in [-0.2, -0.15) is 4.31 Å². The molecule has 2 aromatic carbocycles. The predicted molar refractivity (Wildman–Crippen MR) is 125 cm³/mol. The topological polar surface area (TPSA) is 110 Å². The van der Waals surface area contributed by atoms with Crippen molar-refractivity contribution in [3.05, 3.63) is 53.6 Å². The van der Waals surface area contributed by atoms with Crippen molar-refractivity contribution in [1.82, 2.24) is 19.9 Å². The fourth-order valence-corrected chi connectivity index (χ4v) is 6.64. The van der Waals surface area contributed by atoms with Gasteiger partial charge in [-0.25, -0.2) is 13.0 Å². The molecule has 1 amide bonds. The molecule has 0 saturated carbocycles. The number of nitrogens with zero attached hydrogens (tertiary/aromatic N) is 3. The summed E-state index contributed by atoms with van der Waals surface area (Å²) in [4.78, 5) is 14.3. The van der Waals surface area contributed by atoms with Gasteiger partial charge in [0, 0.05) is 44.0 Å². The van der Waals surface area contributed by atoms with E-state index in [1.165, 1.54) is 21.5 Å². The SMILES string of the molecule is O=C(NCCC[NH+]1CCc2ccccc2C1)C1CCN(S(=O)(=O)c2cccc3nonc23)CC1. The van der Waals surface area contributed by atoms with Crippen molar-refractivity contribution in [1.29, 1.82) is 0 Å². The quantitative estimate of drug-likeness (QED) is 0.480. The molecule has 1 aromatic heterocycles. The first kappa shape index (κ1) is 22.9. The first-order valence-corrected chi connectivity index (χ1v) is 13.4. The second-order valence-corrected chi connectivity index (χ2v) is 11.1. The van der Waals surface area contributed by atoms with E-state index in [1.807, 2.05) is 0 Å². The van der Waals surface area contributed by atoms with E-state index in [0.29, 0.717) is 38.0 Å². The Bertz CT molecular complexity index is 1270. The Labute approximate surface area is 199 Å². The lowest BCUT2D eigenvalue weighted by Crippen LogP contribution is -3.11. The highest BCUT2D eigenvalue weighted by atomic mass is 32.2. The van der Waals surface area contributed by atoms with Crippen LogP contribution in [-0.4, -0.2) is 61.7 Å². The Balaban J connectivity index is 1.07. The number of sulfonamides is 1. The van der Waals surface area contributed by atoms with E-state index in [9.17, 15) is 13.2 Å². The summed E-state index contributed by atoms with van der Waals surface area (Å²) in [7, 11) is -3.73. The number of rotatable bonds is 7. The molecule has 1 saturated heterocycles. The van der Waals surface area contributed by atoms with Crippen LogP contribution in [0.5, 0.6) is 0 Å². The third-order valence-corrected chi connectivity index (χ3v) is 8.93. The maximum atomic E-state index is 13.1. The van der Waals surface area contributed by atoms with Crippen LogP contribution in [0, 0.1) is 5.92 Å². The number of amides is 1. The van der Waals surface area contributed by atoms with Crippen molar-refractivity contribution < 1.29 is 22.7 Å². The minimum absolute atomic E-state index is 0.0267. The predicted octanol–water partition coefficient (Wildman–Crippen LogP) is 0.771. The zero-order valence-electron chi connectivity index (χ0n) is 19.1. The van der Waals surface area contributed by atoms with E-state index < -0.39 is 10.0 Å². The minimum Gasteiger partial charge on any atom is -0.356 e. The van der Waals surface area contributed by atoms with Gasteiger partial charge in [0.15, 0.2) is 5.52 Å².